The maximum absolute atomic E-state index is 2.44. The van der Waals surface area contributed by atoms with E-state index in [0.717, 1.165) is 0 Å². The van der Waals surface area contributed by atoms with Gasteiger partial charge in [0.2, 0.25) is 0 Å². The Morgan fingerprint density at radius 3 is 1.34 bits per heavy atom. The van der Waals surface area contributed by atoms with Gasteiger partial charge in [0, 0.05) is 248 Å². The number of para-hydroxylation sites is 4. The molecule has 0 spiro atoms. The smallest absolute Gasteiger partial charge is 0.0719 e. The van der Waals surface area contributed by atoms with Crippen LogP contribution in [0.5, 0.6) is 0 Å². The molecule has 0 N–H and O–H groups in total. The summed E-state index contributed by atoms with van der Waals surface area (Å²) in [5, 5.41) is 13.5. The van der Waals surface area contributed by atoms with E-state index in [1.54, 1.807) is 0 Å². The molecular weight excluding hydrogens is 1570 g/mol. The summed E-state index contributed by atoms with van der Waals surface area (Å²) in [6, 6.07) is 70.3. The first-order valence-electron chi connectivity index (χ1n) is 32.3. The Balaban J connectivity index is 0.000000115. The molecule has 11 aromatic carbocycles. The number of hydrogen-bond donors (Lipinski definition) is 0. The van der Waals surface area contributed by atoms with Crippen molar-refractivity contribution in [3.05, 3.63) is 301 Å². The third-order valence-electron chi connectivity index (χ3n) is 21.2. The quantitative estimate of drug-likeness (QED) is 0.108. The summed E-state index contributed by atoms with van der Waals surface area (Å²) in [4.78, 5) is 23.3. The molecule has 0 aliphatic carbocycles. The number of rotatable bonds is 0. The van der Waals surface area contributed by atoms with E-state index < -0.39 is 0 Å². The van der Waals surface area contributed by atoms with Crippen LogP contribution in [0.1, 0.15) is 62.4 Å². The minimum atomic E-state index is 0. The number of hydrogen-bond acceptors (Lipinski definition) is 10. The van der Waals surface area contributed by atoms with Gasteiger partial charge in [0.05, 0.1) is 42.2 Å². The molecule has 11 aromatic rings. The number of likely N-dealkylation sites (N-methyl/N-ethyl adjacent to an activating group) is 5. The molecule has 5 unspecified atom stereocenters. The Morgan fingerprint density at radius 1 is 0.268 bits per heavy atom. The van der Waals surface area contributed by atoms with Gasteiger partial charge >= 0.3 is 0 Å². The van der Waals surface area contributed by atoms with Crippen molar-refractivity contribution in [1.29, 1.82) is 0 Å². The van der Waals surface area contributed by atoms with E-state index in [-0.39, 0.29) is 164 Å². The van der Waals surface area contributed by atoms with Gasteiger partial charge in [0.1, 0.15) is 0 Å². The molecule has 21 rings (SSSR count). The van der Waals surface area contributed by atoms with E-state index in [1.165, 1.54) is 151 Å². The fourth-order valence-electron chi connectivity index (χ4n) is 16.9. The zero-order valence-corrected chi connectivity index (χ0v) is 71.0. The van der Waals surface area contributed by atoms with Crippen LogP contribution in [0.3, 0.4) is 0 Å². The third-order valence-corrected chi connectivity index (χ3v) is 21.2. The zero-order valence-electron chi connectivity index (χ0n) is 56.8. The van der Waals surface area contributed by atoms with Crippen LogP contribution in [0.4, 0.5) is 39.8 Å². The van der Waals surface area contributed by atoms with Crippen LogP contribution >= 0.6 is 0 Å². The van der Waals surface area contributed by atoms with E-state index in [4.69, 9.17) is 0 Å². The molecule has 97 heavy (non-hydrogen) atoms. The molecule has 0 amide bonds. The summed E-state index contributed by atoms with van der Waals surface area (Å²) in [6.07, 6.45) is 19.1. The molecule has 10 nitrogen and oxygen atoms in total. The molecule has 0 bridgehead atoms. The van der Waals surface area contributed by atoms with Crippen LogP contribution in [0.15, 0.2) is 244 Å². The second kappa shape index (κ2) is 28.3. The number of benzene rings is 11. The molecule has 10 aliphatic heterocycles. The van der Waals surface area contributed by atoms with E-state index >= 15 is 0 Å². The Morgan fingerprint density at radius 2 is 0.691 bits per heavy atom. The topological polar surface area (TPSA) is 32.4 Å². The summed E-state index contributed by atoms with van der Waals surface area (Å²) in [6.45, 7) is 11.2. The Hall–Kier alpha value is -5.19. The molecule has 0 aromatic heterocycles. The van der Waals surface area contributed by atoms with Crippen LogP contribution in [0, 0.1) is 29.6 Å². The SMILES string of the molecule is C[C-]1c2c(cc3ccc4cccc5ccc2c3c45)N2C=CN(C)C12.C[C-]1c2cc3ccccc3cc2N2C=CN(C)C12.C[C-]1c2ccc3ccccc3c2N2C=CN(C)C12.C[C-]1c2ccccc2N2C=CN(C)C12.C[C-]1c2ccccc2N2c3ccccc3N(C)C12.[Y].[Y].[Y].[Y].[Y]. The van der Waals surface area contributed by atoms with Crippen molar-refractivity contribution in [2.24, 2.45) is 0 Å². The Labute approximate surface area is 698 Å². The van der Waals surface area contributed by atoms with Crippen molar-refractivity contribution >= 4 is 93.7 Å². The van der Waals surface area contributed by atoms with Crippen molar-refractivity contribution in [1.82, 2.24) is 19.6 Å². The summed E-state index contributed by atoms with van der Waals surface area (Å²) in [5.74, 6) is 7.18. The van der Waals surface area contributed by atoms with Crippen LogP contribution in [-0.2, 0) is 164 Å². The third kappa shape index (κ3) is 11.4. The van der Waals surface area contributed by atoms with Gasteiger partial charge < -0.3 is 49.0 Å². The minimum Gasteiger partial charge on any atom is -0.386 e. The maximum Gasteiger partial charge on any atom is 0.0719 e. The van der Waals surface area contributed by atoms with Gasteiger partial charge in [0.15, 0.2) is 0 Å². The average Bonchev–Trinajstić information content (AvgIpc) is 1.18. The van der Waals surface area contributed by atoms with Crippen molar-refractivity contribution < 1.29 is 164 Å². The molecular formula is C82H75N10Y5-5. The van der Waals surface area contributed by atoms with Crippen molar-refractivity contribution in [2.45, 2.75) is 65.4 Å². The van der Waals surface area contributed by atoms with Gasteiger partial charge in [0.25, 0.3) is 0 Å². The van der Waals surface area contributed by atoms with Gasteiger partial charge in [-0.15, -0.1) is 59.2 Å². The Kier molecular flexibility index (Phi) is 20.9. The minimum absolute atomic E-state index is 0. The van der Waals surface area contributed by atoms with Gasteiger partial charge in [-0.3, -0.25) is 0 Å². The molecule has 10 aliphatic rings. The van der Waals surface area contributed by atoms with Crippen LogP contribution in [0.2, 0.25) is 0 Å². The first-order chi connectivity index (χ1) is 44.8. The van der Waals surface area contributed by atoms with Crippen LogP contribution in [0.25, 0.3) is 53.9 Å². The van der Waals surface area contributed by atoms with Gasteiger partial charge in [-0.05, 0) is 44.5 Å². The molecule has 473 valence electrons. The second-order valence-electron chi connectivity index (χ2n) is 26.3. The fourth-order valence-corrected chi connectivity index (χ4v) is 16.9. The molecule has 10 heterocycles. The second-order valence-corrected chi connectivity index (χ2v) is 26.3. The summed E-state index contributed by atoms with van der Waals surface area (Å²) in [5.41, 5.74) is 16.3. The fraction of sp³-hybridized carbons (Fsp3) is 0.183. The van der Waals surface area contributed by atoms with E-state index in [0.29, 0.717) is 30.8 Å². The maximum atomic E-state index is 2.44. The van der Waals surface area contributed by atoms with E-state index in [9.17, 15) is 0 Å². The monoisotopic (exact) mass is 1640 g/mol. The van der Waals surface area contributed by atoms with Gasteiger partial charge in [-0.2, -0.15) is 52.1 Å². The summed E-state index contributed by atoms with van der Waals surface area (Å²) in [7, 11) is 10.7. The van der Waals surface area contributed by atoms with Crippen LogP contribution < -0.4 is 29.4 Å². The predicted octanol–water partition coefficient (Wildman–Crippen LogP) is 17.5. The Bertz CT molecular complexity index is 4820. The summed E-state index contributed by atoms with van der Waals surface area (Å²) < 4.78 is 0. The van der Waals surface area contributed by atoms with E-state index in [2.05, 4.69) is 363 Å². The largest absolute Gasteiger partial charge is 0.386 e. The molecule has 0 saturated heterocycles. The van der Waals surface area contributed by atoms with Gasteiger partial charge in [-0.25, -0.2) is 0 Å². The predicted molar refractivity (Wildman–Crippen MR) is 384 cm³/mol. The van der Waals surface area contributed by atoms with E-state index in [1.807, 2.05) is 0 Å². The van der Waals surface area contributed by atoms with Crippen molar-refractivity contribution in [3.63, 3.8) is 0 Å². The van der Waals surface area contributed by atoms with Crippen LogP contribution in [-0.4, -0.2) is 85.7 Å². The first-order valence-corrected chi connectivity index (χ1v) is 32.3. The zero-order chi connectivity index (χ0) is 62.5. The molecule has 15 heteroatoms. The average molecular weight is 1650 g/mol. The van der Waals surface area contributed by atoms with Crippen molar-refractivity contribution in [2.75, 3.05) is 64.6 Å². The summed E-state index contributed by atoms with van der Waals surface area (Å²) >= 11 is 0. The molecule has 5 atom stereocenters. The van der Waals surface area contributed by atoms with Gasteiger partial charge in [-0.1, -0.05) is 213 Å². The molecule has 0 fully saturated rings. The van der Waals surface area contributed by atoms with Crippen molar-refractivity contribution in [3.8, 4) is 0 Å². The number of nitrogens with zero attached hydrogens (tertiary/aromatic N) is 10. The number of anilines is 7. The molecule has 0 saturated carbocycles. The number of fused-ring (bicyclic) bond motifs is 21. The normalized spacial score (nSPS) is 19.5. The standard InChI is InChI=1S/C22H17N2.3C16H15N2.C12H13N2.5Y/c1-13-19-17-9-8-15-5-3-4-14-6-7-16(21(17)20(14)15)12-18(19)24-11-10-23(2)22(13)24;1-11-12-7-3-4-8-13(12)18-15-10-6-5-9-14(15)17(2)16(11)18;1-11-14-9-12-5-3-4-6-13(12)10-15(14)18-8-7-17(2)16(11)18;1-11-13-8-7-12-5-3-4-6-14(12)15(13)18-10-9-17(2)16(11)18;1-9-10-5-3-4-6-11(10)14-8-7-13(2)12(9)14;;;;;/h3-12,22H,1-2H3;3*3-10,16H,1-2H3;3-8,12H,1-2H3;;;;;/q5*-1;;;;;. The first kappa shape index (κ1) is 71.6. The molecule has 5 radical (unpaired) electrons.